The standard InChI is InChI=1S/C11H19N3O2S/c1-4-6-9(2)14(3)17(15,16)11-10(12)7-5-8-13-11/h5,7-9H,4,6,12H2,1-3H3. The van der Waals surface area contributed by atoms with E-state index in [1.807, 2.05) is 13.8 Å². The highest BCUT2D eigenvalue weighted by atomic mass is 32.2. The highest BCUT2D eigenvalue weighted by Crippen LogP contribution is 2.21. The molecule has 1 unspecified atom stereocenters. The predicted molar refractivity (Wildman–Crippen MR) is 68.0 cm³/mol. The Morgan fingerprint density at radius 3 is 2.71 bits per heavy atom. The van der Waals surface area contributed by atoms with E-state index in [2.05, 4.69) is 4.98 Å². The minimum atomic E-state index is -3.59. The van der Waals surface area contributed by atoms with Crippen molar-refractivity contribution in [3.05, 3.63) is 18.3 Å². The number of sulfonamides is 1. The van der Waals surface area contributed by atoms with E-state index in [0.717, 1.165) is 12.8 Å². The highest BCUT2D eigenvalue weighted by molar-refractivity contribution is 7.89. The Bertz CT molecular complexity index is 473. The molecule has 0 aliphatic rings. The van der Waals surface area contributed by atoms with Crippen LogP contribution in [0.2, 0.25) is 0 Å². The summed E-state index contributed by atoms with van der Waals surface area (Å²) in [6.45, 7) is 3.90. The van der Waals surface area contributed by atoms with E-state index in [0.29, 0.717) is 0 Å². The molecule has 1 heterocycles. The number of aromatic nitrogens is 1. The molecule has 1 aromatic heterocycles. The van der Waals surface area contributed by atoms with Gasteiger partial charge in [-0.15, -0.1) is 0 Å². The third-order valence-electron chi connectivity index (χ3n) is 2.75. The average Bonchev–Trinajstić information content (AvgIpc) is 2.28. The molecule has 0 aromatic carbocycles. The Hall–Kier alpha value is -1.14. The topological polar surface area (TPSA) is 76.3 Å². The molecule has 1 rings (SSSR count). The van der Waals surface area contributed by atoms with E-state index in [4.69, 9.17) is 5.73 Å². The van der Waals surface area contributed by atoms with Gasteiger partial charge in [0.05, 0.1) is 5.69 Å². The number of nitrogen functional groups attached to an aromatic ring is 1. The molecule has 0 spiro atoms. The fourth-order valence-corrected chi connectivity index (χ4v) is 3.00. The quantitative estimate of drug-likeness (QED) is 0.866. The van der Waals surface area contributed by atoms with Gasteiger partial charge in [0.25, 0.3) is 10.0 Å². The minimum Gasteiger partial charge on any atom is -0.396 e. The number of nitrogens with zero attached hydrogens (tertiary/aromatic N) is 2. The van der Waals surface area contributed by atoms with E-state index in [1.54, 1.807) is 13.1 Å². The molecule has 0 aliphatic heterocycles. The molecule has 0 bridgehead atoms. The first-order valence-electron chi connectivity index (χ1n) is 5.59. The number of hydrogen-bond acceptors (Lipinski definition) is 4. The summed E-state index contributed by atoms with van der Waals surface area (Å²) in [4.78, 5) is 3.86. The summed E-state index contributed by atoms with van der Waals surface area (Å²) in [5.74, 6) is 0. The van der Waals surface area contributed by atoms with E-state index in [1.165, 1.54) is 16.6 Å². The molecule has 0 aliphatic carbocycles. The van der Waals surface area contributed by atoms with Gasteiger partial charge in [-0.05, 0) is 25.5 Å². The summed E-state index contributed by atoms with van der Waals surface area (Å²) in [5, 5.41) is -0.0644. The first kappa shape index (κ1) is 13.9. The fraction of sp³-hybridized carbons (Fsp3) is 0.545. The van der Waals surface area contributed by atoms with E-state index in [-0.39, 0.29) is 16.8 Å². The Labute approximate surface area is 103 Å². The lowest BCUT2D eigenvalue weighted by Gasteiger charge is -2.23. The summed E-state index contributed by atoms with van der Waals surface area (Å²) in [7, 11) is -2.03. The third-order valence-corrected chi connectivity index (χ3v) is 4.70. The van der Waals surface area contributed by atoms with Gasteiger partial charge in [-0.25, -0.2) is 13.4 Å². The predicted octanol–water partition coefficient (Wildman–Crippen LogP) is 1.47. The molecular formula is C11H19N3O2S. The average molecular weight is 257 g/mol. The maximum absolute atomic E-state index is 12.3. The molecule has 0 fully saturated rings. The normalized spacial score (nSPS) is 13.9. The minimum absolute atomic E-state index is 0.0635. The van der Waals surface area contributed by atoms with E-state index < -0.39 is 10.0 Å². The second kappa shape index (κ2) is 5.46. The van der Waals surface area contributed by atoms with Crippen molar-refractivity contribution < 1.29 is 8.42 Å². The van der Waals surface area contributed by atoms with Crippen LogP contribution in [0.15, 0.2) is 23.4 Å². The smallest absolute Gasteiger partial charge is 0.262 e. The molecule has 5 nitrogen and oxygen atoms in total. The maximum Gasteiger partial charge on any atom is 0.262 e. The maximum atomic E-state index is 12.3. The summed E-state index contributed by atoms with van der Waals surface area (Å²) in [6.07, 6.45) is 3.17. The highest BCUT2D eigenvalue weighted by Gasteiger charge is 2.27. The fourth-order valence-electron chi connectivity index (χ4n) is 1.59. The van der Waals surface area contributed by atoms with E-state index in [9.17, 15) is 8.42 Å². The number of pyridine rings is 1. The number of anilines is 1. The summed E-state index contributed by atoms with van der Waals surface area (Å²) in [5.41, 5.74) is 5.83. The Morgan fingerprint density at radius 1 is 1.53 bits per heavy atom. The molecule has 96 valence electrons. The van der Waals surface area contributed by atoms with Crippen molar-refractivity contribution in [3.63, 3.8) is 0 Å². The van der Waals surface area contributed by atoms with Gasteiger partial charge in [0.15, 0.2) is 5.03 Å². The van der Waals surface area contributed by atoms with Crippen LogP contribution in [0.25, 0.3) is 0 Å². The molecule has 1 atom stereocenters. The van der Waals surface area contributed by atoms with Crippen molar-refractivity contribution in [3.8, 4) is 0 Å². The zero-order valence-corrected chi connectivity index (χ0v) is 11.2. The second-order valence-electron chi connectivity index (χ2n) is 4.06. The second-order valence-corrected chi connectivity index (χ2v) is 5.97. The van der Waals surface area contributed by atoms with Gasteiger partial charge in [0.2, 0.25) is 0 Å². The Kier molecular flexibility index (Phi) is 4.47. The van der Waals surface area contributed by atoms with Crippen molar-refractivity contribution in [1.82, 2.24) is 9.29 Å². The lowest BCUT2D eigenvalue weighted by atomic mass is 10.2. The molecular weight excluding hydrogens is 238 g/mol. The SMILES string of the molecule is CCCC(C)N(C)S(=O)(=O)c1ncccc1N. The zero-order valence-electron chi connectivity index (χ0n) is 10.4. The van der Waals surface area contributed by atoms with Crippen LogP contribution >= 0.6 is 0 Å². The number of hydrogen-bond donors (Lipinski definition) is 1. The van der Waals surface area contributed by atoms with Crippen LogP contribution in [0.4, 0.5) is 5.69 Å². The van der Waals surface area contributed by atoms with Crippen LogP contribution in [0.1, 0.15) is 26.7 Å². The van der Waals surface area contributed by atoms with Crippen molar-refractivity contribution in [2.24, 2.45) is 0 Å². The number of nitrogens with two attached hydrogens (primary N) is 1. The van der Waals surface area contributed by atoms with Crippen molar-refractivity contribution in [2.75, 3.05) is 12.8 Å². The van der Waals surface area contributed by atoms with Gasteiger partial charge < -0.3 is 5.73 Å². The lowest BCUT2D eigenvalue weighted by Crippen LogP contribution is -2.35. The van der Waals surface area contributed by atoms with Gasteiger partial charge in [0, 0.05) is 19.3 Å². The van der Waals surface area contributed by atoms with Gasteiger partial charge >= 0.3 is 0 Å². The van der Waals surface area contributed by atoms with Crippen LogP contribution in [0.3, 0.4) is 0 Å². The van der Waals surface area contributed by atoms with Gasteiger partial charge in [-0.3, -0.25) is 0 Å². The molecule has 0 saturated heterocycles. The number of rotatable bonds is 5. The third kappa shape index (κ3) is 2.95. The molecule has 0 amide bonds. The molecule has 1 aromatic rings. The van der Waals surface area contributed by atoms with Crippen LogP contribution in [0.5, 0.6) is 0 Å². The largest absolute Gasteiger partial charge is 0.396 e. The molecule has 2 N–H and O–H groups in total. The summed E-state index contributed by atoms with van der Waals surface area (Å²) >= 11 is 0. The van der Waals surface area contributed by atoms with Crippen LogP contribution in [-0.2, 0) is 10.0 Å². The van der Waals surface area contributed by atoms with Crippen molar-refractivity contribution in [1.29, 1.82) is 0 Å². The summed E-state index contributed by atoms with van der Waals surface area (Å²) in [6, 6.07) is 3.09. The van der Waals surface area contributed by atoms with Gasteiger partial charge in [0.1, 0.15) is 0 Å². The molecule has 0 radical (unpaired) electrons. The van der Waals surface area contributed by atoms with Crippen molar-refractivity contribution >= 4 is 15.7 Å². The zero-order chi connectivity index (χ0) is 13.1. The van der Waals surface area contributed by atoms with E-state index >= 15 is 0 Å². The van der Waals surface area contributed by atoms with Crippen molar-refractivity contribution in [2.45, 2.75) is 37.8 Å². The molecule has 17 heavy (non-hydrogen) atoms. The van der Waals surface area contributed by atoms with Crippen LogP contribution in [-0.4, -0.2) is 30.8 Å². The van der Waals surface area contributed by atoms with Crippen LogP contribution in [0, 0.1) is 0 Å². The van der Waals surface area contributed by atoms with Crippen LogP contribution < -0.4 is 5.73 Å². The Balaban J connectivity index is 3.08. The lowest BCUT2D eigenvalue weighted by molar-refractivity contribution is 0.367. The molecule has 6 heteroatoms. The Morgan fingerprint density at radius 2 is 2.18 bits per heavy atom. The first-order valence-corrected chi connectivity index (χ1v) is 7.03. The van der Waals surface area contributed by atoms with Gasteiger partial charge in [-0.2, -0.15) is 4.31 Å². The monoisotopic (exact) mass is 257 g/mol. The first-order chi connectivity index (χ1) is 7.91. The van der Waals surface area contributed by atoms with Gasteiger partial charge in [-0.1, -0.05) is 13.3 Å². The summed E-state index contributed by atoms with van der Waals surface area (Å²) < 4.78 is 25.8. The molecule has 0 saturated carbocycles.